The van der Waals surface area contributed by atoms with Crippen LogP contribution in [0.15, 0.2) is 72.4 Å². The number of ether oxygens (including phenoxy) is 2. The number of hydrogen-bond donors (Lipinski definition) is 0. The molecule has 124 valence electrons. The van der Waals surface area contributed by atoms with Crippen LogP contribution < -0.4 is 5.56 Å². The molecule has 2 aromatic heterocycles. The summed E-state index contributed by atoms with van der Waals surface area (Å²) in [6.45, 7) is 7.63. The number of nitrogens with zero attached hydrogens (tertiary/aromatic N) is 2. The number of fused-ring (bicyclic) bond motifs is 1. The quantitative estimate of drug-likeness (QED) is 0.605. The maximum absolute atomic E-state index is 12.3. The minimum absolute atomic E-state index is 0.0967. The monoisotopic (exact) mass is 324 g/mol. The Kier molecular flexibility index (Phi) is 5.37. The summed E-state index contributed by atoms with van der Waals surface area (Å²) >= 11 is 0. The molecule has 0 aromatic carbocycles. The average Bonchev–Trinajstić information content (AvgIpc) is 2.61. The van der Waals surface area contributed by atoms with Crippen molar-refractivity contribution in [3.63, 3.8) is 0 Å². The standard InChI is InChI=1S/C19H20N2O3/c1-6-14(10-15(24-5)9-13(2)23-4)18-12-21(3)19(22)17-11-20-8-7-16(17)18/h6-12H,1-2H2,3-5H3/b14-10+,15-9+. The van der Waals surface area contributed by atoms with E-state index in [4.69, 9.17) is 9.47 Å². The van der Waals surface area contributed by atoms with E-state index < -0.39 is 0 Å². The normalized spacial score (nSPS) is 12.1. The van der Waals surface area contributed by atoms with Gasteiger partial charge in [0.1, 0.15) is 11.5 Å². The van der Waals surface area contributed by atoms with Crippen molar-refractivity contribution in [2.24, 2.45) is 7.05 Å². The topological polar surface area (TPSA) is 53.4 Å². The summed E-state index contributed by atoms with van der Waals surface area (Å²) in [4.78, 5) is 16.3. The summed E-state index contributed by atoms with van der Waals surface area (Å²) in [7, 11) is 4.81. The molecular formula is C19H20N2O3. The summed E-state index contributed by atoms with van der Waals surface area (Å²) in [5.41, 5.74) is 1.56. The van der Waals surface area contributed by atoms with E-state index >= 15 is 0 Å². The smallest absolute Gasteiger partial charge is 0.259 e. The third-order valence-electron chi connectivity index (χ3n) is 3.61. The molecule has 0 unspecified atom stereocenters. The highest BCUT2D eigenvalue weighted by atomic mass is 16.5. The lowest BCUT2D eigenvalue weighted by molar-refractivity contribution is 0.286. The van der Waals surface area contributed by atoms with E-state index in [0.717, 1.165) is 16.5 Å². The van der Waals surface area contributed by atoms with Crippen molar-refractivity contribution in [3.05, 3.63) is 83.5 Å². The third-order valence-corrected chi connectivity index (χ3v) is 3.61. The first-order valence-corrected chi connectivity index (χ1v) is 7.28. The second-order valence-electron chi connectivity index (χ2n) is 5.11. The molecule has 0 atom stereocenters. The second-order valence-corrected chi connectivity index (χ2v) is 5.11. The molecule has 2 heterocycles. The van der Waals surface area contributed by atoms with Crippen molar-refractivity contribution in [1.82, 2.24) is 9.55 Å². The maximum atomic E-state index is 12.3. The van der Waals surface area contributed by atoms with Crippen LogP contribution in [0.4, 0.5) is 0 Å². The molecule has 0 bridgehead atoms. The van der Waals surface area contributed by atoms with E-state index in [1.165, 1.54) is 11.7 Å². The van der Waals surface area contributed by atoms with Crippen LogP contribution in [0.5, 0.6) is 0 Å². The van der Waals surface area contributed by atoms with Gasteiger partial charge in [0.2, 0.25) is 0 Å². The minimum atomic E-state index is -0.0967. The fourth-order valence-corrected chi connectivity index (χ4v) is 2.32. The molecule has 0 saturated heterocycles. The number of methoxy groups -OCH3 is 2. The van der Waals surface area contributed by atoms with Crippen LogP contribution >= 0.6 is 0 Å². The van der Waals surface area contributed by atoms with Gasteiger partial charge in [-0.2, -0.15) is 0 Å². The van der Waals surface area contributed by atoms with Gasteiger partial charge in [-0.05, 0) is 23.1 Å². The van der Waals surface area contributed by atoms with E-state index in [0.29, 0.717) is 16.9 Å². The van der Waals surface area contributed by atoms with Gasteiger partial charge in [0.15, 0.2) is 0 Å². The highest BCUT2D eigenvalue weighted by Gasteiger charge is 2.10. The van der Waals surface area contributed by atoms with Gasteiger partial charge < -0.3 is 14.0 Å². The molecule has 0 spiro atoms. The summed E-state index contributed by atoms with van der Waals surface area (Å²) in [5.74, 6) is 1.04. The number of pyridine rings is 2. The van der Waals surface area contributed by atoms with Crippen molar-refractivity contribution in [2.45, 2.75) is 0 Å². The Balaban J connectivity index is 2.70. The number of aromatic nitrogens is 2. The molecule has 0 N–H and O–H groups in total. The summed E-state index contributed by atoms with van der Waals surface area (Å²) in [6, 6.07) is 1.81. The molecule has 0 fully saturated rings. The lowest BCUT2D eigenvalue weighted by Gasteiger charge is -2.11. The van der Waals surface area contributed by atoms with Crippen molar-refractivity contribution >= 4 is 16.3 Å². The van der Waals surface area contributed by atoms with E-state index in [9.17, 15) is 4.79 Å². The Morgan fingerprint density at radius 2 is 2.00 bits per heavy atom. The molecule has 0 aliphatic carbocycles. The van der Waals surface area contributed by atoms with Crippen LogP contribution in [0.25, 0.3) is 16.3 Å². The number of hydrogen-bond acceptors (Lipinski definition) is 4. The molecule has 0 radical (unpaired) electrons. The van der Waals surface area contributed by atoms with Crippen LogP contribution in [0.3, 0.4) is 0 Å². The van der Waals surface area contributed by atoms with Gasteiger partial charge in [-0.15, -0.1) is 0 Å². The largest absolute Gasteiger partial charge is 0.497 e. The van der Waals surface area contributed by atoms with Gasteiger partial charge in [0, 0.05) is 37.3 Å². The van der Waals surface area contributed by atoms with Crippen molar-refractivity contribution in [2.75, 3.05) is 14.2 Å². The zero-order valence-corrected chi connectivity index (χ0v) is 14.1. The fraction of sp³-hybridized carbons (Fsp3) is 0.158. The van der Waals surface area contributed by atoms with Crippen molar-refractivity contribution in [1.29, 1.82) is 0 Å². The third kappa shape index (κ3) is 3.46. The Bertz CT molecular complexity index is 904. The minimum Gasteiger partial charge on any atom is -0.497 e. The Morgan fingerprint density at radius 1 is 1.25 bits per heavy atom. The molecule has 0 aliphatic rings. The number of rotatable bonds is 6. The first-order valence-electron chi connectivity index (χ1n) is 7.28. The van der Waals surface area contributed by atoms with Crippen LogP contribution in [0.2, 0.25) is 0 Å². The van der Waals surface area contributed by atoms with Gasteiger partial charge in [-0.3, -0.25) is 9.78 Å². The zero-order chi connectivity index (χ0) is 17.7. The van der Waals surface area contributed by atoms with Gasteiger partial charge in [0.25, 0.3) is 5.56 Å². The van der Waals surface area contributed by atoms with Gasteiger partial charge in [-0.1, -0.05) is 19.2 Å². The predicted molar refractivity (Wildman–Crippen MR) is 96.4 cm³/mol. The van der Waals surface area contributed by atoms with Gasteiger partial charge in [-0.25, -0.2) is 0 Å². The van der Waals surface area contributed by atoms with Crippen LogP contribution in [0, 0.1) is 0 Å². The Morgan fingerprint density at radius 3 is 2.62 bits per heavy atom. The molecule has 0 amide bonds. The summed E-state index contributed by atoms with van der Waals surface area (Å²) in [5, 5.41) is 1.36. The molecule has 0 aliphatic heterocycles. The molecule has 5 nitrogen and oxygen atoms in total. The summed E-state index contributed by atoms with van der Waals surface area (Å²) in [6.07, 6.45) is 10.2. The van der Waals surface area contributed by atoms with E-state index in [1.54, 1.807) is 44.9 Å². The van der Waals surface area contributed by atoms with Gasteiger partial charge in [0.05, 0.1) is 19.6 Å². The van der Waals surface area contributed by atoms with Crippen molar-refractivity contribution < 1.29 is 9.47 Å². The second kappa shape index (κ2) is 7.46. The Hall–Kier alpha value is -3.08. The molecule has 0 saturated carbocycles. The SMILES string of the molecule is C=C/C(=C\C(=C/C(=C)OC)OC)c1cn(C)c(=O)c2cnccc12. The van der Waals surface area contributed by atoms with E-state index in [2.05, 4.69) is 18.1 Å². The predicted octanol–water partition coefficient (Wildman–Crippen LogP) is 3.19. The maximum Gasteiger partial charge on any atom is 0.259 e. The summed E-state index contributed by atoms with van der Waals surface area (Å²) < 4.78 is 11.9. The molecule has 2 aromatic rings. The lowest BCUT2D eigenvalue weighted by Crippen LogP contribution is -2.17. The van der Waals surface area contributed by atoms with E-state index in [1.807, 2.05) is 12.1 Å². The molecular weight excluding hydrogens is 304 g/mol. The number of aryl methyl sites for hydroxylation is 1. The van der Waals surface area contributed by atoms with E-state index in [-0.39, 0.29) is 5.56 Å². The van der Waals surface area contributed by atoms with Crippen LogP contribution in [-0.4, -0.2) is 23.8 Å². The highest BCUT2D eigenvalue weighted by Crippen LogP contribution is 2.25. The Labute approximate surface area is 140 Å². The molecule has 2 rings (SSSR count). The van der Waals surface area contributed by atoms with Crippen molar-refractivity contribution in [3.8, 4) is 0 Å². The first kappa shape index (κ1) is 17.3. The average molecular weight is 324 g/mol. The fourth-order valence-electron chi connectivity index (χ4n) is 2.32. The lowest BCUT2D eigenvalue weighted by atomic mass is 10.0. The zero-order valence-electron chi connectivity index (χ0n) is 14.1. The van der Waals surface area contributed by atoms with Crippen LogP contribution in [-0.2, 0) is 16.5 Å². The molecule has 5 heteroatoms. The highest BCUT2D eigenvalue weighted by molar-refractivity contribution is 5.95. The van der Waals surface area contributed by atoms with Crippen LogP contribution in [0.1, 0.15) is 5.56 Å². The molecule has 24 heavy (non-hydrogen) atoms. The van der Waals surface area contributed by atoms with Gasteiger partial charge >= 0.3 is 0 Å². The number of allylic oxidation sites excluding steroid dienone is 4. The first-order chi connectivity index (χ1) is 11.5.